The monoisotopic (exact) mass is 295 g/mol. The molecule has 4 N–H and O–H groups in total. The molecule has 0 aliphatic carbocycles. The van der Waals surface area contributed by atoms with Gasteiger partial charge >= 0.3 is 0 Å². The second-order valence-electron chi connectivity index (χ2n) is 2.91. The molecule has 0 heterocycles. The van der Waals surface area contributed by atoms with Crippen molar-refractivity contribution in [1.29, 1.82) is 0 Å². The number of hydrogen-bond acceptors (Lipinski definition) is 2. The van der Waals surface area contributed by atoms with Gasteiger partial charge in [-0.15, -0.1) is 12.4 Å². The Morgan fingerprint density at radius 1 is 1.35 bits per heavy atom. The summed E-state index contributed by atoms with van der Waals surface area (Å²) in [5.41, 5.74) is 6.44. The van der Waals surface area contributed by atoms with E-state index in [0.717, 1.165) is 12.0 Å². The molecule has 0 radical (unpaired) electrons. The van der Waals surface area contributed by atoms with E-state index in [1.807, 2.05) is 0 Å². The van der Waals surface area contributed by atoms with Crippen LogP contribution >= 0.6 is 35.6 Å². The predicted molar refractivity (Wildman–Crippen MR) is 76.4 cm³/mol. The lowest BCUT2D eigenvalue weighted by atomic mass is 10.3. The number of nitrogens with zero attached hydrogens (tertiary/aromatic N) is 3. The van der Waals surface area contributed by atoms with E-state index in [1.165, 1.54) is 0 Å². The van der Waals surface area contributed by atoms with Crippen LogP contribution < -0.4 is 16.5 Å². The highest BCUT2D eigenvalue weighted by molar-refractivity contribution is 6.42. The summed E-state index contributed by atoms with van der Waals surface area (Å²) < 4.78 is 0. The molecule has 0 aliphatic heterocycles. The van der Waals surface area contributed by atoms with Crippen LogP contribution in [-0.2, 0) is 0 Å². The Morgan fingerprint density at radius 2 is 2.00 bits per heavy atom. The Balaban J connectivity index is 0.00000256. The van der Waals surface area contributed by atoms with E-state index in [0.29, 0.717) is 10.0 Å². The van der Waals surface area contributed by atoms with E-state index in [1.54, 1.807) is 30.1 Å². The number of guanidine groups is 1. The number of benzene rings is 1. The number of anilines is 1. The summed E-state index contributed by atoms with van der Waals surface area (Å²) in [5.74, 6) is 5.15. The van der Waals surface area contributed by atoms with Crippen LogP contribution in [0.5, 0.6) is 0 Å². The van der Waals surface area contributed by atoms with Crippen molar-refractivity contribution in [2.75, 3.05) is 11.9 Å². The highest BCUT2D eigenvalue weighted by Crippen LogP contribution is 2.26. The summed E-state index contributed by atoms with van der Waals surface area (Å²) in [6.07, 6.45) is 1.16. The molecular weight excluding hydrogens is 284 g/mol. The topological polar surface area (TPSA) is 80.0 Å². The zero-order chi connectivity index (χ0) is 12.1. The molecule has 5 nitrogen and oxygen atoms in total. The zero-order valence-corrected chi connectivity index (χ0v) is 11.3. The van der Waals surface area contributed by atoms with Gasteiger partial charge in [0.25, 0.3) is 0 Å². The summed E-state index contributed by atoms with van der Waals surface area (Å²) in [7, 11) is 1.74. The molecule has 0 aromatic heterocycles. The van der Waals surface area contributed by atoms with Gasteiger partial charge in [-0.05, 0) is 18.2 Å². The smallest absolute Gasteiger partial charge is 0.201 e. The van der Waals surface area contributed by atoms with Crippen molar-refractivity contribution >= 4 is 53.6 Å². The third-order valence-corrected chi connectivity index (χ3v) is 2.63. The molecule has 1 aromatic rings. The second kappa shape index (κ2) is 7.21. The Morgan fingerprint density at radius 3 is 2.53 bits per heavy atom. The van der Waals surface area contributed by atoms with Gasteiger partial charge in [0.05, 0.1) is 10.0 Å². The third-order valence-electron chi connectivity index (χ3n) is 1.89. The molecule has 94 valence electrons. The van der Waals surface area contributed by atoms with Crippen LogP contribution in [0.3, 0.4) is 0 Å². The van der Waals surface area contributed by atoms with Gasteiger partial charge in [-0.1, -0.05) is 23.2 Å². The summed E-state index contributed by atoms with van der Waals surface area (Å²) in [6, 6.07) is 5.14. The lowest BCUT2D eigenvalue weighted by molar-refractivity contribution is 1.21. The predicted octanol–water partition coefficient (Wildman–Crippen LogP) is 2.07. The Bertz CT molecular complexity index is 433. The maximum atomic E-state index is 5.88. The molecule has 17 heavy (non-hydrogen) atoms. The molecular formula is C9H12Cl3N5. The number of halogens is 3. The van der Waals surface area contributed by atoms with Gasteiger partial charge in [-0.2, -0.15) is 5.10 Å². The normalized spacial score (nSPS) is 11.4. The largest absolute Gasteiger partial charge is 0.369 e. The molecule has 0 aliphatic rings. The van der Waals surface area contributed by atoms with Crippen molar-refractivity contribution < 1.29 is 0 Å². The molecule has 0 saturated heterocycles. The minimum Gasteiger partial charge on any atom is -0.369 e. The van der Waals surface area contributed by atoms with Crippen molar-refractivity contribution in [2.24, 2.45) is 21.7 Å². The van der Waals surface area contributed by atoms with Gasteiger partial charge in [0.15, 0.2) is 0 Å². The average Bonchev–Trinajstić information content (AvgIpc) is 2.28. The van der Waals surface area contributed by atoms with Gasteiger partial charge < -0.3 is 16.5 Å². The van der Waals surface area contributed by atoms with Gasteiger partial charge in [-0.25, -0.2) is 4.99 Å². The van der Waals surface area contributed by atoms with Crippen LogP contribution in [0.1, 0.15) is 0 Å². The van der Waals surface area contributed by atoms with Crippen molar-refractivity contribution in [3.8, 4) is 0 Å². The fourth-order valence-electron chi connectivity index (χ4n) is 1.01. The highest BCUT2D eigenvalue weighted by atomic mass is 35.5. The molecule has 1 aromatic carbocycles. The number of hydrazone groups is 1. The third kappa shape index (κ3) is 4.30. The van der Waals surface area contributed by atoms with E-state index in [-0.39, 0.29) is 18.4 Å². The number of aliphatic imine (C=N–C) groups is 1. The zero-order valence-electron chi connectivity index (χ0n) is 8.97. The van der Waals surface area contributed by atoms with Crippen molar-refractivity contribution in [2.45, 2.75) is 0 Å². The summed E-state index contributed by atoms with van der Waals surface area (Å²) in [6.45, 7) is 0. The second-order valence-corrected chi connectivity index (χ2v) is 3.72. The van der Waals surface area contributed by atoms with E-state index in [9.17, 15) is 0 Å². The molecule has 0 bridgehead atoms. The van der Waals surface area contributed by atoms with E-state index in [2.05, 4.69) is 10.1 Å². The van der Waals surface area contributed by atoms with Gasteiger partial charge in [0, 0.05) is 12.7 Å². The number of hydrogen-bond donors (Lipinski definition) is 2. The highest BCUT2D eigenvalue weighted by Gasteiger charge is 2.06. The van der Waals surface area contributed by atoms with E-state index < -0.39 is 0 Å². The number of rotatable bonds is 2. The van der Waals surface area contributed by atoms with Crippen molar-refractivity contribution in [1.82, 2.24) is 0 Å². The van der Waals surface area contributed by atoms with Gasteiger partial charge in [-0.3, -0.25) is 0 Å². The van der Waals surface area contributed by atoms with Crippen molar-refractivity contribution in [3.63, 3.8) is 0 Å². The van der Waals surface area contributed by atoms with Crippen LogP contribution in [0.4, 0.5) is 5.69 Å². The first-order valence-electron chi connectivity index (χ1n) is 4.30. The maximum Gasteiger partial charge on any atom is 0.201 e. The quantitative estimate of drug-likeness (QED) is 0.379. The van der Waals surface area contributed by atoms with Crippen LogP contribution in [0.15, 0.2) is 28.3 Å². The van der Waals surface area contributed by atoms with Crippen LogP contribution in [-0.4, -0.2) is 19.3 Å². The molecule has 0 fully saturated rings. The molecule has 1 rings (SSSR count). The number of nitrogens with two attached hydrogens (primary N) is 2. The standard InChI is InChI=1S/C9H11Cl2N5.ClH/c1-16(9(12)14-5-15-13)6-2-3-7(10)8(11)4-6;/h2-5H,13H2,1H3,(H2,12,14,15);1H. The lowest BCUT2D eigenvalue weighted by Crippen LogP contribution is -2.33. The molecule has 0 amide bonds. The molecule has 0 saturated carbocycles. The van der Waals surface area contributed by atoms with Gasteiger partial charge in [0.2, 0.25) is 5.96 Å². The maximum absolute atomic E-state index is 5.88. The van der Waals surface area contributed by atoms with Crippen LogP contribution in [0, 0.1) is 0 Å². The average molecular weight is 297 g/mol. The Labute approximate surface area is 115 Å². The van der Waals surface area contributed by atoms with E-state index >= 15 is 0 Å². The summed E-state index contributed by atoms with van der Waals surface area (Å²) >= 11 is 11.7. The van der Waals surface area contributed by atoms with Gasteiger partial charge in [0.1, 0.15) is 6.34 Å². The molecule has 8 heteroatoms. The SMILES string of the molecule is CN(C(N)=NC=NN)c1ccc(Cl)c(Cl)c1.Cl. The molecule has 0 spiro atoms. The first kappa shape index (κ1) is 15.8. The summed E-state index contributed by atoms with van der Waals surface area (Å²) in [4.78, 5) is 5.43. The molecule has 0 unspecified atom stereocenters. The summed E-state index contributed by atoms with van der Waals surface area (Å²) in [5, 5.41) is 4.15. The van der Waals surface area contributed by atoms with Crippen LogP contribution in [0.25, 0.3) is 0 Å². The van der Waals surface area contributed by atoms with Crippen molar-refractivity contribution in [3.05, 3.63) is 28.2 Å². The fraction of sp³-hybridized carbons (Fsp3) is 0.111. The lowest BCUT2D eigenvalue weighted by Gasteiger charge is -2.17. The fourth-order valence-corrected chi connectivity index (χ4v) is 1.30. The Hall–Kier alpha value is -1.17. The van der Waals surface area contributed by atoms with Crippen LogP contribution in [0.2, 0.25) is 10.0 Å². The first-order valence-corrected chi connectivity index (χ1v) is 5.05. The first-order chi connectivity index (χ1) is 7.56. The Kier molecular flexibility index (Phi) is 6.72. The van der Waals surface area contributed by atoms with E-state index in [4.69, 9.17) is 34.8 Å². The minimum atomic E-state index is 0. The molecule has 0 atom stereocenters. The minimum absolute atomic E-state index is 0.